The Balaban J connectivity index is 2.06. The maximum atomic E-state index is 6.40. The number of hydrogen-bond donors (Lipinski definition) is 1. The molecule has 3 nitrogen and oxygen atoms in total. The van der Waals surface area contributed by atoms with E-state index >= 15 is 0 Å². The molecule has 2 N–H and O–H groups in total. The van der Waals surface area contributed by atoms with E-state index < -0.39 is 0 Å². The molecule has 76 valence electrons. The predicted molar refractivity (Wildman–Crippen MR) is 54.6 cm³/mol. The van der Waals surface area contributed by atoms with Crippen LogP contribution >= 0.6 is 0 Å². The van der Waals surface area contributed by atoms with Crippen molar-refractivity contribution in [2.75, 3.05) is 33.2 Å². The van der Waals surface area contributed by atoms with Crippen molar-refractivity contribution in [3.8, 4) is 0 Å². The maximum absolute atomic E-state index is 6.40. The molecule has 2 rings (SSSR count). The van der Waals surface area contributed by atoms with Crippen LogP contribution in [0.15, 0.2) is 0 Å². The quantitative estimate of drug-likeness (QED) is 0.619. The highest BCUT2D eigenvalue weighted by Crippen LogP contribution is 2.32. The predicted octanol–water partition coefficient (Wildman–Crippen LogP) is -0.0305. The summed E-state index contributed by atoms with van der Waals surface area (Å²) in [6.45, 7) is 9.04. The molecule has 0 aromatic rings. The molecule has 0 aromatic heterocycles. The van der Waals surface area contributed by atoms with Crippen molar-refractivity contribution >= 4 is 0 Å². The molecule has 2 atom stereocenters. The van der Waals surface area contributed by atoms with Gasteiger partial charge in [0.05, 0.1) is 0 Å². The minimum absolute atomic E-state index is 0.0824. The van der Waals surface area contributed by atoms with Crippen LogP contribution in [0, 0.1) is 5.92 Å². The van der Waals surface area contributed by atoms with Crippen molar-refractivity contribution in [1.82, 2.24) is 9.80 Å². The lowest BCUT2D eigenvalue weighted by Crippen LogP contribution is -2.49. The van der Waals surface area contributed by atoms with E-state index in [-0.39, 0.29) is 5.54 Å². The average molecular weight is 183 g/mol. The van der Waals surface area contributed by atoms with Gasteiger partial charge in [0.1, 0.15) is 0 Å². The van der Waals surface area contributed by atoms with Gasteiger partial charge in [0.25, 0.3) is 0 Å². The molecule has 2 aliphatic heterocycles. The fourth-order valence-corrected chi connectivity index (χ4v) is 2.79. The minimum atomic E-state index is 0.0824. The Hall–Kier alpha value is -0.120. The van der Waals surface area contributed by atoms with Gasteiger partial charge < -0.3 is 10.6 Å². The van der Waals surface area contributed by atoms with Crippen LogP contribution in [0.5, 0.6) is 0 Å². The molecule has 0 aromatic carbocycles. The van der Waals surface area contributed by atoms with Gasteiger partial charge in [0, 0.05) is 43.7 Å². The number of nitrogens with zero attached hydrogens (tertiary/aromatic N) is 2. The first-order valence-electron chi connectivity index (χ1n) is 5.23. The first-order valence-corrected chi connectivity index (χ1v) is 5.23. The highest BCUT2D eigenvalue weighted by atomic mass is 15.3. The minimum Gasteiger partial charge on any atom is -0.323 e. The summed E-state index contributed by atoms with van der Waals surface area (Å²) < 4.78 is 0. The van der Waals surface area contributed by atoms with Gasteiger partial charge in [-0.2, -0.15) is 0 Å². The molecule has 2 heterocycles. The molecule has 0 aliphatic carbocycles. The lowest BCUT2D eigenvalue weighted by atomic mass is 9.92. The van der Waals surface area contributed by atoms with Crippen molar-refractivity contribution in [3.05, 3.63) is 0 Å². The van der Waals surface area contributed by atoms with Crippen LogP contribution in [0.3, 0.4) is 0 Å². The van der Waals surface area contributed by atoms with Crippen LogP contribution in [0.4, 0.5) is 0 Å². The molecule has 13 heavy (non-hydrogen) atoms. The van der Waals surface area contributed by atoms with Gasteiger partial charge in [-0.25, -0.2) is 0 Å². The molecule has 0 saturated carbocycles. The van der Waals surface area contributed by atoms with Crippen LogP contribution < -0.4 is 5.73 Å². The summed E-state index contributed by atoms with van der Waals surface area (Å²) in [4.78, 5) is 4.88. The summed E-state index contributed by atoms with van der Waals surface area (Å²) in [6.07, 6.45) is 0. The van der Waals surface area contributed by atoms with E-state index in [1.165, 1.54) is 13.1 Å². The fraction of sp³-hybridized carbons (Fsp3) is 1.00. The molecule has 3 heteroatoms. The number of hydrogen-bond acceptors (Lipinski definition) is 3. The third kappa shape index (κ3) is 1.49. The molecule has 2 fully saturated rings. The van der Waals surface area contributed by atoms with Gasteiger partial charge in [-0.05, 0) is 20.9 Å². The Morgan fingerprint density at radius 3 is 2.54 bits per heavy atom. The van der Waals surface area contributed by atoms with Gasteiger partial charge in [-0.1, -0.05) is 0 Å². The molecule has 2 saturated heterocycles. The summed E-state index contributed by atoms with van der Waals surface area (Å²) >= 11 is 0. The Morgan fingerprint density at radius 2 is 2.00 bits per heavy atom. The van der Waals surface area contributed by atoms with E-state index in [9.17, 15) is 0 Å². The molecule has 0 unspecified atom stereocenters. The molecule has 0 spiro atoms. The second kappa shape index (κ2) is 2.94. The van der Waals surface area contributed by atoms with E-state index in [1.807, 2.05) is 0 Å². The summed E-state index contributed by atoms with van der Waals surface area (Å²) in [5.74, 6) is 0.694. The largest absolute Gasteiger partial charge is 0.323 e. The van der Waals surface area contributed by atoms with Gasteiger partial charge in [0.2, 0.25) is 0 Å². The molecular formula is C10H21N3. The Labute approximate surface area is 80.9 Å². The summed E-state index contributed by atoms with van der Waals surface area (Å²) in [7, 11) is 2.17. The van der Waals surface area contributed by atoms with Gasteiger partial charge >= 0.3 is 0 Å². The molecule has 0 amide bonds. The maximum Gasteiger partial charge on any atom is 0.0465 e. The van der Waals surface area contributed by atoms with E-state index in [2.05, 4.69) is 30.7 Å². The standard InChI is InChI=1S/C10H21N3/c1-8(2)13-5-9-4-12(3)6-10(9,11)7-13/h8-9H,4-7,11H2,1-3H3/t9-,10-/m0/s1. The number of nitrogens with two attached hydrogens (primary N) is 1. The van der Waals surface area contributed by atoms with Gasteiger partial charge in [-0.15, -0.1) is 0 Å². The van der Waals surface area contributed by atoms with Crippen molar-refractivity contribution < 1.29 is 0 Å². The normalized spacial score (nSPS) is 41.8. The average Bonchev–Trinajstić information content (AvgIpc) is 2.38. The number of fused-ring (bicyclic) bond motifs is 1. The summed E-state index contributed by atoms with van der Waals surface area (Å²) in [6, 6.07) is 0.649. The number of likely N-dealkylation sites (tertiary alicyclic amines) is 2. The lowest BCUT2D eigenvalue weighted by Gasteiger charge is -2.26. The zero-order chi connectivity index (χ0) is 9.64. The van der Waals surface area contributed by atoms with E-state index in [4.69, 9.17) is 5.73 Å². The Kier molecular flexibility index (Phi) is 2.13. The van der Waals surface area contributed by atoms with Crippen LogP contribution in [0.1, 0.15) is 13.8 Å². The topological polar surface area (TPSA) is 32.5 Å². The lowest BCUT2D eigenvalue weighted by molar-refractivity contribution is 0.229. The number of likely N-dealkylation sites (N-methyl/N-ethyl adjacent to an activating group) is 1. The highest BCUT2D eigenvalue weighted by molar-refractivity contribution is 5.08. The van der Waals surface area contributed by atoms with E-state index in [1.54, 1.807) is 0 Å². The van der Waals surface area contributed by atoms with Crippen molar-refractivity contribution in [2.45, 2.75) is 25.4 Å². The number of rotatable bonds is 1. The molecule has 0 bridgehead atoms. The van der Waals surface area contributed by atoms with Crippen molar-refractivity contribution in [2.24, 2.45) is 11.7 Å². The molecule has 2 aliphatic rings. The fourth-order valence-electron chi connectivity index (χ4n) is 2.79. The first kappa shape index (κ1) is 9.44. The van der Waals surface area contributed by atoms with Gasteiger partial charge in [0.15, 0.2) is 0 Å². The monoisotopic (exact) mass is 183 g/mol. The summed E-state index contributed by atoms with van der Waals surface area (Å²) in [5, 5.41) is 0. The SMILES string of the molecule is CC(C)N1C[C@@H]2CN(C)C[C@]2(N)C1. The van der Waals surface area contributed by atoms with Crippen LogP contribution in [-0.4, -0.2) is 54.6 Å². The third-order valence-electron chi connectivity index (χ3n) is 3.59. The van der Waals surface area contributed by atoms with Crippen molar-refractivity contribution in [3.63, 3.8) is 0 Å². The molecule has 0 radical (unpaired) electrons. The zero-order valence-electron chi connectivity index (χ0n) is 8.95. The van der Waals surface area contributed by atoms with E-state index in [0.29, 0.717) is 12.0 Å². The van der Waals surface area contributed by atoms with Crippen LogP contribution in [-0.2, 0) is 0 Å². The van der Waals surface area contributed by atoms with Gasteiger partial charge in [-0.3, -0.25) is 4.90 Å². The Bertz CT molecular complexity index is 204. The molecular weight excluding hydrogens is 162 g/mol. The van der Waals surface area contributed by atoms with Crippen LogP contribution in [0.25, 0.3) is 0 Å². The first-order chi connectivity index (χ1) is 6.01. The van der Waals surface area contributed by atoms with Crippen LogP contribution in [0.2, 0.25) is 0 Å². The second-order valence-electron chi connectivity index (χ2n) is 5.15. The third-order valence-corrected chi connectivity index (χ3v) is 3.59. The zero-order valence-corrected chi connectivity index (χ0v) is 8.95. The highest BCUT2D eigenvalue weighted by Gasteiger charge is 2.49. The van der Waals surface area contributed by atoms with Crippen molar-refractivity contribution in [1.29, 1.82) is 0 Å². The second-order valence-corrected chi connectivity index (χ2v) is 5.15. The van der Waals surface area contributed by atoms with E-state index in [0.717, 1.165) is 13.1 Å². The smallest absolute Gasteiger partial charge is 0.0465 e. The Morgan fingerprint density at radius 1 is 1.31 bits per heavy atom. The summed E-state index contributed by atoms with van der Waals surface area (Å²) in [5.41, 5.74) is 6.48.